The molecule has 0 saturated carbocycles. The number of nitrogens with zero attached hydrogens (tertiary/aromatic N) is 2. The van der Waals surface area contributed by atoms with Gasteiger partial charge < -0.3 is 15.6 Å². The second-order valence-electron chi connectivity index (χ2n) is 3.75. The van der Waals surface area contributed by atoms with Gasteiger partial charge in [0.15, 0.2) is 5.82 Å². The summed E-state index contributed by atoms with van der Waals surface area (Å²) in [4.78, 5) is 8.42. The normalized spacial score (nSPS) is 14.6. The van der Waals surface area contributed by atoms with Crippen molar-refractivity contribution in [3.63, 3.8) is 0 Å². The van der Waals surface area contributed by atoms with Gasteiger partial charge in [-0.3, -0.25) is 0 Å². The van der Waals surface area contributed by atoms with Gasteiger partial charge in [-0.25, -0.2) is 9.97 Å². The number of thioether (sulfide) groups is 1. The molecule has 5 nitrogen and oxygen atoms in total. The lowest BCUT2D eigenvalue weighted by atomic mass is 10.3. The zero-order valence-electron chi connectivity index (χ0n) is 10.4. The summed E-state index contributed by atoms with van der Waals surface area (Å²) < 4.78 is 5.24. The van der Waals surface area contributed by atoms with Gasteiger partial charge in [-0.1, -0.05) is 6.92 Å². The van der Waals surface area contributed by atoms with E-state index in [1.165, 1.54) is 11.8 Å². The van der Waals surface area contributed by atoms with Crippen molar-refractivity contribution in [2.24, 2.45) is 0 Å². The highest BCUT2D eigenvalue weighted by molar-refractivity contribution is 7.99. The van der Waals surface area contributed by atoms with Crippen LogP contribution in [-0.2, 0) is 11.3 Å². The Morgan fingerprint density at radius 2 is 2.18 bits per heavy atom. The van der Waals surface area contributed by atoms with Gasteiger partial charge in [0.1, 0.15) is 17.5 Å². The van der Waals surface area contributed by atoms with Gasteiger partial charge in [-0.15, -0.1) is 11.8 Å². The molecule has 2 atom stereocenters. The van der Waals surface area contributed by atoms with Gasteiger partial charge in [0.2, 0.25) is 0 Å². The maximum Gasteiger partial charge on any atom is 0.157 e. The minimum atomic E-state index is -0.397. The Balaban J connectivity index is 2.74. The molecule has 3 N–H and O–H groups in total. The Hall–Kier alpha value is -0.850. The quantitative estimate of drug-likeness (QED) is 0.593. The van der Waals surface area contributed by atoms with Crippen LogP contribution in [0.25, 0.3) is 0 Å². The molecule has 0 aliphatic heterocycles. The van der Waals surface area contributed by atoms with Crippen molar-refractivity contribution in [3.8, 4) is 0 Å². The third-order valence-electron chi connectivity index (χ3n) is 2.19. The van der Waals surface area contributed by atoms with Gasteiger partial charge in [0.25, 0.3) is 0 Å². The number of rotatable bonds is 6. The van der Waals surface area contributed by atoms with E-state index in [9.17, 15) is 5.11 Å². The Morgan fingerprint density at radius 1 is 1.47 bits per heavy atom. The van der Waals surface area contributed by atoms with Crippen molar-refractivity contribution >= 4 is 17.6 Å². The molecule has 1 rings (SSSR count). The van der Waals surface area contributed by atoms with Crippen molar-refractivity contribution in [2.45, 2.75) is 43.8 Å². The van der Waals surface area contributed by atoms with E-state index in [0.717, 1.165) is 5.03 Å². The van der Waals surface area contributed by atoms with E-state index in [2.05, 4.69) is 9.97 Å². The van der Waals surface area contributed by atoms with Crippen LogP contribution < -0.4 is 5.73 Å². The molecular weight excluding hydrogens is 238 g/mol. The minimum absolute atomic E-state index is 0.0595. The predicted molar refractivity (Wildman–Crippen MR) is 68.8 cm³/mol. The van der Waals surface area contributed by atoms with Gasteiger partial charge in [0, 0.05) is 17.9 Å². The van der Waals surface area contributed by atoms with Crippen LogP contribution in [0, 0.1) is 0 Å². The second kappa shape index (κ2) is 6.78. The van der Waals surface area contributed by atoms with Crippen molar-refractivity contribution in [3.05, 3.63) is 11.9 Å². The summed E-state index contributed by atoms with van der Waals surface area (Å²) in [5.41, 5.74) is 5.70. The van der Waals surface area contributed by atoms with Crippen LogP contribution in [0.2, 0.25) is 0 Å². The fourth-order valence-electron chi connectivity index (χ4n) is 1.10. The molecule has 0 fully saturated rings. The Bertz CT molecular complexity index is 361. The van der Waals surface area contributed by atoms with Crippen LogP contribution in [0.3, 0.4) is 0 Å². The smallest absolute Gasteiger partial charge is 0.157 e. The van der Waals surface area contributed by atoms with E-state index in [0.29, 0.717) is 24.9 Å². The third kappa shape index (κ3) is 4.89. The zero-order valence-corrected chi connectivity index (χ0v) is 11.2. The summed E-state index contributed by atoms with van der Waals surface area (Å²) in [5, 5.41) is 10.3. The van der Waals surface area contributed by atoms with E-state index in [4.69, 9.17) is 10.5 Å². The fraction of sp³-hybridized carbons (Fsp3) is 0.636. The van der Waals surface area contributed by atoms with Gasteiger partial charge >= 0.3 is 0 Å². The Labute approximate surface area is 106 Å². The van der Waals surface area contributed by atoms with Crippen LogP contribution in [0.1, 0.15) is 26.6 Å². The number of aliphatic hydroxyl groups is 1. The highest BCUT2D eigenvalue weighted by atomic mass is 32.2. The average molecular weight is 257 g/mol. The van der Waals surface area contributed by atoms with Crippen LogP contribution in [0.15, 0.2) is 11.1 Å². The standard InChI is InChI=1S/C11H19N3O2S/c1-4-16-6-10-13-9(12)5-11(14-10)17-8(3)7(2)15/h5,7-8,15H,4,6H2,1-3H3,(H2,12,13,14). The van der Waals surface area contributed by atoms with E-state index in [-0.39, 0.29) is 5.25 Å². The van der Waals surface area contributed by atoms with E-state index >= 15 is 0 Å². The number of ether oxygens (including phenoxy) is 1. The lowest BCUT2D eigenvalue weighted by Crippen LogP contribution is -2.15. The SMILES string of the molecule is CCOCc1nc(N)cc(SC(C)C(C)O)n1. The number of nitrogen functional groups attached to an aromatic ring is 1. The first kappa shape index (κ1) is 14.2. The predicted octanol–water partition coefficient (Wildman–Crippen LogP) is 1.46. The van der Waals surface area contributed by atoms with Crippen molar-refractivity contribution in [1.82, 2.24) is 9.97 Å². The van der Waals surface area contributed by atoms with Gasteiger partial charge in [-0.2, -0.15) is 0 Å². The monoisotopic (exact) mass is 257 g/mol. The molecule has 2 unspecified atom stereocenters. The number of aliphatic hydroxyl groups excluding tert-OH is 1. The van der Waals surface area contributed by atoms with Crippen molar-refractivity contribution in [2.75, 3.05) is 12.3 Å². The molecule has 0 aromatic carbocycles. The maximum absolute atomic E-state index is 9.44. The third-order valence-corrected chi connectivity index (χ3v) is 3.41. The first-order valence-corrected chi connectivity index (χ1v) is 6.46. The molecule has 0 bridgehead atoms. The highest BCUT2D eigenvalue weighted by Gasteiger charge is 2.12. The molecule has 17 heavy (non-hydrogen) atoms. The van der Waals surface area contributed by atoms with E-state index in [1.807, 2.05) is 13.8 Å². The Morgan fingerprint density at radius 3 is 2.76 bits per heavy atom. The topological polar surface area (TPSA) is 81.3 Å². The lowest BCUT2D eigenvalue weighted by molar-refractivity contribution is 0.128. The molecule has 1 aromatic heterocycles. The number of nitrogens with two attached hydrogens (primary N) is 1. The number of aromatic nitrogens is 2. The number of hydrogen-bond donors (Lipinski definition) is 2. The summed E-state index contributed by atoms with van der Waals surface area (Å²) in [6, 6.07) is 1.71. The minimum Gasteiger partial charge on any atom is -0.392 e. The maximum atomic E-state index is 9.44. The van der Waals surface area contributed by atoms with Crippen LogP contribution in [-0.4, -0.2) is 33.0 Å². The molecule has 0 aliphatic rings. The lowest BCUT2D eigenvalue weighted by Gasteiger charge is -2.14. The summed E-state index contributed by atoms with van der Waals surface area (Å²) in [6.45, 7) is 6.58. The van der Waals surface area contributed by atoms with Gasteiger partial charge in [-0.05, 0) is 13.8 Å². The second-order valence-corrected chi connectivity index (χ2v) is 5.15. The molecule has 6 heteroatoms. The van der Waals surface area contributed by atoms with E-state index < -0.39 is 6.10 Å². The highest BCUT2D eigenvalue weighted by Crippen LogP contribution is 2.24. The summed E-state index contributed by atoms with van der Waals surface area (Å²) >= 11 is 1.48. The largest absolute Gasteiger partial charge is 0.392 e. The molecular formula is C11H19N3O2S. The first-order chi connectivity index (χ1) is 8.02. The number of anilines is 1. The molecule has 1 heterocycles. The first-order valence-electron chi connectivity index (χ1n) is 5.58. The van der Waals surface area contributed by atoms with E-state index in [1.54, 1.807) is 13.0 Å². The molecule has 0 aliphatic carbocycles. The molecule has 0 amide bonds. The van der Waals surface area contributed by atoms with Crippen LogP contribution in [0.5, 0.6) is 0 Å². The summed E-state index contributed by atoms with van der Waals surface area (Å²) in [7, 11) is 0. The number of hydrogen-bond acceptors (Lipinski definition) is 6. The zero-order chi connectivity index (χ0) is 12.8. The van der Waals surface area contributed by atoms with Crippen molar-refractivity contribution < 1.29 is 9.84 Å². The summed E-state index contributed by atoms with van der Waals surface area (Å²) in [5.74, 6) is 1.00. The summed E-state index contributed by atoms with van der Waals surface area (Å²) in [6.07, 6.45) is -0.397. The molecule has 1 aromatic rings. The van der Waals surface area contributed by atoms with Crippen LogP contribution >= 0.6 is 11.8 Å². The molecule has 0 spiro atoms. The molecule has 0 saturated heterocycles. The Kier molecular flexibility index (Phi) is 5.67. The van der Waals surface area contributed by atoms with Gasteiger partial charge in [0.05, 0.1) is 6.10 Å². The fourth-order valence-corrected chi connectivity index (χ4v) is 2.02. The molecule has 0 radical (unpaired) electrons. The average Bonchev–Trinajstić information content (AvgIpc) is 2.25. The van der Waals surface area contributed by atoms with Crippen molar-refractivity contribution in [1.29, 1.82) is 0 Å². The van der Waals surface area contributed by atoms with Crippen LogP contribution in [0.4, 0.5) is 5.82 Å². The molecule has 96 valence electrons.